The zero-order chi connectivity index (χ0) is 12.1. The van der Waals surface area contributed by atoms with Crippen LogP contribution in [0.4, 0.5) is 5.69 Å². The molecule has 0 radical (unpaired) electrons. The molecule has 0 saturated heterocycles. The summed E-state index contributed by atoms with van der Waals surface area (Å²) in [7, 11) is 0. The van der Waals surface area contributed by atoms with Crippen LogP contribution in [0.25, 0.3) is 0 Å². The number of nitrogens with one attached hydrogen (secondary N) is 2. The summed E-state index contributed by atoms with van der Waals surface area (Å²) in [5.41, 5.74) is 8.73. The van der Waals surface area contributed by atoms with Gasteiger partial charge in [-0.2, -0.15) is 0 Å². The summed E-state index contributed by atoms with van der Waals surface area (Å²) in [6.07, 6.45) is 2.69. The smallest absolute Gasteiger partial charge is 0.228 e. The number of fused-ring (bicyclic) bond motifs is 1. The molecule has 0 atom stereocenters. The Labute approximate surface area is 102 Å². The van der Waals surface area contributed by atoms with Crippen LogP contribution in [0.1, 0.15) is 24.0 Å². The molecule has 1 aromatic carbocycles. The highest BCUT2D eigenvalue weighted by molar-refractivity contribution is 5.99. The van der Waals surface area contributed by atoms with Crippen LogP contribution in [-0.4, -0.2) is 19.0 Å². The van der Waals surface area contributed by atoms with Gasteiger partial charge in [0.15, 0.2) is 0 Å². The van der Waals surface area contributed by atoms with Gasteiger partial charge in [-0.1, -0.05) is 12.1 Å². The number of unbranched alkanes of at least 4 members (excludes halogenated alkanes) is 1. The average molecular weight is 233 g/mol. The molecular formula is C13H19N3O. The predicted octanol–water partition coefficient (Wildman–Crippen LogP) is 1.01. The number of carbonyl (C=O) groups is 1. The van der Waals surface area contributed by atoms with Gasteiger partial charge in [0.2, 0.25) is 5.91 Å². The Balaban J connectivity index is 1.82. The molecule has 0 unspecified atom stereocenters. The van der Waals surface area contributed by atoms with Crippen molar-refractivity contribution < 1.29 is 4.79 Å². The van der Waals surface area contributed by atoms with Gasteiger partial charge in [-0.25, -0.2) is 0 Å². The molecule has 0 saturated carbocycles. The molecule has 1 amide bonds. The van der Waals surface area contributed by atoms with Crippen molar-refractivity contribution in [2.75, 3.05) is 18.4 Å². The SMILES string of the molecule is NCCCCNCc1ccc2c(c1)CC(=O)N2. The van der Waals surface area contributed by atoms with Gasteiger partial charge >= 0.3 is 0 Å². The number of rotatable bonds is 6. The highest BCUT2D eigenvalue weighted by Gasteiger charge is 2.16. The molecule has 17 heavy (non-hydrogen) atoms. The molecule has 0 aromatic heterocycles. The van der Waals surface area contributed by atoms with E-state index in [-0.39, 0.29) is 5.91 Å². The molecule has 1 aromatic rings. The summed E-state index contributed by atoms with van der Waals surface area (Å²) in [5, 5.41) is 6.21. The van der Waals surface area contributed by atoms with Crippen LogP contribution in [0.5, 0.6) is 0 Å². The lowest BCUT2D eigenvalue weighted by Crippen LogP contribution is -2.15. The lowest BCUT2D eigenvalue weighted by atomic mass is 10.1. The van der Waals surface area contributed by atoms with Gasteiger partial charge in [-0.3, -0.25) is 4.79 Å². The summed E-state index contributed by atoms with van der Waals surface area (Å²) in [4.78, 5) is 11.2. The largest absolute Gasteiger partial charge is 0.330 e. The number of hydrogen-bond donors (Lipinski definition) is 3. The van der Waals surface area contributed by atoms with E-state index in [1.807, 2.05) is 6.07 Å². The van der Waals surface area contributed by atoms with Crippen molar-refractivity contribution in [2.45, 2.75) is 25.8 Å². The van der Waals surface area contributed by atoms with E-state index in [2.05, 4.69) is 22.8 Å². The Kier molecular flexibility index (Phi) is 4.12. The van der Waals surface area contributed by atoms with E-state index in [0.717, 1.165) is 43.7 Å². The molecular weight excluding hydrogens is 214 g/mol. The first-order chi connectivity index (χ1) is 8.29. The lowest BCUT2D eigenvalue weighted by Gasteiger charge is -2.06. The maximum absolute atomic E-state index is 11.2. The van der Waals surface area contributed by atoms with Gasteiger partial charge in [0.25, 0.3) is 0 Å². The topological polar surface area (TPSA) is 67.1 Å². The first kappa shape index (κ1) is 12.1. The first-order valence-corrected chi connectivity index (χ1v) is 6.12. The Bertz CT molecular complexity index is 404. The second-order valence-corrected chi connectivity index (χ2v) is 4.39. The van der Waals surface area contributed by atoms with Crippen molar-refractivity contribution >= 4 is 11.6 Å². The standard InChI is InChI=1S/C13H19N3O/c14-5-1-2-6-15-9-10-3-4-12-11(7-10)8-13(17)16-12/h3-4,7,15H,1-2,5-6,8-9,14H2,(H,16,17). The minimum atomic E-state index is 0.0908. The fraction of sp³-hybridized carbons (Fsp3) is 0.462. The predicted molar refractivity (Wildman–Crippen MR) is 68.8 cm³/mol. The second-order valence-electron chi connectivity index (χ2n) is 4.39. The molecule has 4 N–H and O–H groups in total. The highest BCUT2D eigenvalue weighted by atomic mass is 16.1. The van der Waals surface area contributed by atoms with E-state index < -0.39 is 0 Å². The van der Waals surface area contributed by atoms with Gasteiger partial charge in [0.1, 0.15) is 0 Å². The Hall–Kier alpha value is -1.39. The fourth-order valence-corrected chi connectivity index (χ4v) is 2.02. The molecule has 0 bridgehead atoms. The number of amides is 1. The van der Waals surface area contributed by atoms with Gasteiger partial charge in [-0.05, 0) is 43.1 Å². The molecule has 0 spiro atoms. The quantitative estimate of drug-likeness (QED) is 0.642. The third-order valence-corrected chi connectivity index (χ3v) is 2.93. The van der Waals surface area contributed by atoms with Crippen LogP contribution < -0.4 is 16.4 Å². The Morgan fingerprint density at radius 3 is 3.06 bits per heavy atom. The third-order valence-electron chi connectivity index (χ3n) is 2.93. The Morgan fingerprint density at radius 1 is 1.35 bits per heavy atom. The van der Waals surface area contributed by atoms with Gasteiger partial charge in [-0.15, -0.1) is 0 Å². The molecule has 92 valence electrons. The lowest BCUT2D eigenvalue weighted by molar-refractivity contribution is -0.115. The highest BCUT2D eigenvalue weighted by Crippen LogP contribution is 2.23. The van der Waals surface area contributed by atoms with Crippen LogP contribution in [-0.2, 0) is 17.8 Å². The van der Waals surface area contributed by atoms with Crippen molar-refractivity contribution in [2.24, 2.45) is 5.73 Å². The van der Waals surface area contributed by atoms with Gasteiger partial charge in [0.05, 0.1) is 6.42 Å². The normalized spacial score (nSPS) is 13.6. The van der Waals surface area contributed by atoms with Gasteiger partial charge in [0, 0.05) is 12.2 Å². The van der Waals surface area contributed by atoms with E-state index in [1.54, 1.807) is 0 Å². The van der Waals surface area contributed by atoms with Crippen molar-refractivity contribution in [3.05, 3.63) is 29.3 Å². The summed E-state index contributed by atoms with van der Waals surface area (Å²) < 4.78 is 0. The molecule has 2 rings (SSSR count). The van der Waals surface area contributed by atoms with Crippen molar-refractivity contribution in [1.82, 2.24) is 5.32 Å². The van der Waals surface area contributed by atoms with E-state index in [1.165, 1.54) is 5.56 Å². The number of benzene rings is 1. The van der Waals surface area contributed by atoms with E-state index in [9.17, 15) is 4.79 Å². The van der Waals surface area contributed by atoms with Gasteiger partial charge < -0.3 is 16.4 Å². The third kappa shape index (κ3) is 3.28. The van der Waals surface area contributed by atoms with Crippen molar-refractivity contribution in [3.63, 3.8) is 0 Å². The zero-order valence-corrected chi connectivity index (χ0v) is 9.96. The zero-order valence-electron chi connectivity index (χ0n) is 9.96. The molecule has 1 heterocycles. The molecule has 1 aliphatic rings. The van der Waals surface area contributed by atoms with Crippen LogP contribution in [0.15, 0.2) is 18.2 Å². The van der Waals surface area contributed by atoms with E-state index in [0.29, 0.717) is 6.42 Å². The molecule has 0 fully saturated rings. The van der Waals surface area contributed by atoms with Crippen LogP contribution in [0.3, 0.4) is 0 Å². The fourth-order valence-electron chi connectivity index (χ4n) is 2.02. The number of hydrogen-bond acceptors (Lipinski definition) is 3. The molecule has 4 heteroatoms. The van der Waals surface area contributed by atoms with Crippen molar-refractivity contribution in [1.29, 1.82) is 0 Å². The summed E-state index contributed by atoms with van der Waals surface area (Å²) >= 11 is 0. The van der Waals surface area contributed by atoms with E-state index in [4.69, 9.17) is 5.73 Å². The minimum absolute atomic E-state index is 0.0908. The Morgan fingerprint density at radius 2 is 2.24 bits per heavy atom. The maximum Gasteiger partial charge on any atom is 0.228 e. The number of carbonyl (C=O) groups excluding carboxylic acids is 1. The van der Waals surface area contributed by atoms with Crippen LogP contribution in [0.2, 0.25) is 0 Å². The minimum Gasteiger partial charge on any atom is -0.330 e. The maximum atomic E-state index is 11.2. The van der Waals surface area contributed by atoms with Crippen LogP contribution in [0, 0.1) is 0 Å². The number of nitrogens with two attached hydrogens (primary N) is 1. The average Bonchev–Trinajstić information content (AvgIpc) is 2.68. The van der Waals surface area contributed by atoms with Crippen molar-refractivity contribution in [3.8, 4) is 0 Å². The summed E-state index contributed by atoms with van der Waals surface area (Å²) in [6.45, 7) is 2.60. The first-order valence-electron chi connectivity index (χ1n) is 6.12. The van der Waals surface area contributed by atoms with E-state index >= 15 is 0 Å². The summed E-state index contributed by atoms with van der Waals surface area (Å²) in [5.74, 6) is 0.0908. The second kappa shape index (κ2) is 5.80. The summed E-state index contributed by atoms with van der Waals surface area (Å²) in [6, 6.07) is 6.14. The molecule has 1 aliphatic heterocycles. The number of anilines is 1. The molecule has 4 nitrogen and oxygen atoms in total. The monoisotopic (exact) mass is 233 g/mol. The van der Waals surface area contributed by atoms with Crippen LogP contribution >= 0.6 is 0 Å². The molecule has 0 aliphatic carbocycles.